The molecule has 0 rings (SSSR count). The SMILES string of the molecule is O=P(O)(O)O.O=P(O)(O)O.O=P(O)(O)O.O=S(=O)([O-])[O-].O=S(=O)([O-])[O-].O=S(=O)([O-])[O-].[Ce+4].[NH4+].[NH4+]. The Morgan fingerprint density at radius 2 is 0.394 bits per heavy atom. The predicted molar refractivity (Wildman–Crippen MR) is 86.2 cm³/mol. The third kappa shape index (κ3) is 21200. The van der Waals surface area contributed by atoms with Crippen LogP contribution in [0.2, 0.25) is 0 Å². The molecule has 33 heteroatoms. The fourth-order valence-electron chi connectivity index (χ4n) is 0. The standard InChI is InChI=1S/Ce.2H3N.3H3O4P.3H2O4S/c;;;6*1-5(2,3)4/h;2*1H3;3*(H3,1,2,3,4);3*(H2,1,2,3,4)/q+4;;;;;;;;/p-4. The van der Waals surface area contributed by atoms with Crippen molar-refractivity contribution >= 4 is 54.7 Å². The second kappa shape index (κ2) is 24.9. The first-order valence-electron chi connectivity index (χ1n) is 4.35. The van der Waals surface area contributed by atoms with Gasteiger partial charge in [0.1, 0.15) is 0 Å². The van der Waals surface area contributed by atoms with Gasteiger partial charge in [-0.25, -0.2) is 13.7 Å². The molecule has 17 N–H and O–H groups in total. The van der Waals surface area contributed by atoms with Gasteiger partial charge >= 0.3 is 65.2 Å². The maximum Gasteiger partial charge on any atom is 4.00 e. The largest absolute Gasteiger partial charge is 4.00 e. The fraction of sp³-hybridized carbons (Fsp3) is 0. The minimum atomic E-state index is -5.17. The minimum Gasteiger partial charge on any atom is -0.759 e. The summed E-state index contributed by atoms with van der Waals surface area (Å²) in [5.41, 5.74) is 0. The molecule has 0 aliphatic carbocycles. The maximum absolute atomic E-state index is 8.88. The van der Waals surface area contributed by atoms with Crippen LogP contribution in [0.15, 0.2) is 0 Å². The van der Waals surface area contributed by atoms with Crippen molar-refractivity contribution in [3.05, 3.63) is 0 Å². The van der Waals surface area contributed by atoms with Crippen molar-refractivity contribution in [1.29, 1.82) is 0 Å². The van der Waals surface area contributed by atoms with Crippen molar-refractivity contribution in [3.8, 4) is 0 Å². The molecular weight excluding hydrogens is 741 g/mol. The Morgan fingerprint density at radius 3 is 0.394 bits per heavy atom. The van der Waals surface area contributed by atoms with Crippen molar-refractivity contribution < 1.29 is 152 Å². The Kier molecular flexibility index (Phi) is 44.8. The summed E-state index contributed by atoms with van der Waals surface area (Å²) in [6, 6.07) is 0. The molecule has 0 saturated heterocycles. The van der Waals surface area contributed by atoms with Gasteiger partial charge in [-0.2, -0.15) is 0 Å². The van der Waals surface area contributed by atoms with Gasteiger partial charge in [-0.05, 0) is 0 Å². The van der Waals surface area contributed by atoms with E-state index in [1.165, 1.54) is 0 Å². The topological polar surface area (TPSA) is 547 Å². The van der Waals surface area contributed by atoms with Crippen molar-refractivity contribution in [1.82, 2.24) is 12.3 Å². The molecule has 0 saturated carbocycles. The molecule has 0 aliphatic rings. The van der Waals surface area contributed by atoms with Crippen molar-refractivity contribution in [3.63, 3.8) is 0 Å². The van der Waals surface area contributed by atoms with Gasteiger partial charge in [0, 0.05) is 31.2 Å². The monoisotopic (exact) mass is 758 g/mol. The second-order valence-electron chi connectivity index (χ2n) is 2.76. The van der Waals surface area contributed by atoms with Crippen LogP contribution in [0, 0.1) is 41.7 Å². The molecule has 0 fully saturated rings. The van der Waals surface area contributed by atoms with Crippen LogP contribution in [0.5, 0.6) is 0 Å². The number of hydrogen-bond donors (Lipinski definition) is 11. The van der Waals surface area contributed by atoms with Crippen molar-refractivity contribution in [2.75, 3.05) is 0 Å². The summed E-state index contributed by atoms with van der Waals surface area (Å²) in [7, 11) is -29.4. The number of hydrogen-bond acceptors (Lipinski definition) is 15. The Hall–Kier alpha value is 1.24. The predicted octanol–water partition coefficient (Wildman–Crippen LogP) is -6.05. The molecule has 0 amide bonds. The number of quaternary nitrogens is 2. The molecule has 0 spiro atoms. The molecule has 0 atom stereocenters. The molecule has 0 bridgehead atoms. The number of phosphoric acid groups is 3. The average Bonchev–Trinajstić information content (AvgIpc) is 1.94. The summed E-state index contributed by atoms with van der Waals surface area (Å²) < 4.78 is 129. The van der Waals surface area contributed by atoms with Crippen LogP contribution >= 0.6 is 23.5 Å². The van der Waals surface area contributed by atoms with E-state index >= 15 is 0 Å². The van der Waals surface area contributed by atoms with Gasteiger partial charge in [-0.3, -0.25) is 25.3 Å². The van der Waals surface area contributed by atoms with E-state index in [0.717, 1.165) is 0 Å². The number of rotatable bonds is 0. The van der Waals surface area contributed by atoms with Crippen LogP contribution in [0.3, 0.4) is 0 Å². The molecule has 0 heterocycles. The molecule has 208 valence electrons. The second-order valence-corrected chi connectivity index (χ2v) is 8.29. The summed E-state index contributed by atoms with van der Waals surface area (Å²) in [6.45, 7) is 0. The molecule has 0 aliphatic heterocycles. The summed E-state index contributed by atoms with van der Waals surface area (Å²) in [5.74, 6) is 0. The van der Waals surface area contributed by atoms with Crippen LogP contribution in [-0.4, -0.2) is 96.6 Å². The smallest absolute Gasteiger partial charge is 0.759 e. The summed E-state index contributed by atoms with van der Waals surface area (Å²) in [6.07, 6.45) is 0. The van der Waals surface area contributed by atoms with Gasteiger partial charge in [0.2, 0.25) is 0 Å². The molecule has 33 heavy (non-hydrogen) atoms. The quantitative estimate of drug-likeness (QED) is 0.0622. The van der Waals surface area contributed by atoms with Gasteiger partial charge < -0.3 is 83.7 Å². The van der Waals surface area contributed by atoms with Gasteiger partial charge in [0.25, 0.3) is 0 Å². The zero-order valence-corrected chi connectivity index (χ0v) is 23.5. The van der Waals surface area contributed by atoms with E-state index in [2.05, 4.69) is 0 Å². The van der Waals surface area contributed by atoms with Gasteiger partial charge in [-0.1, -0.05) is 0 Å². The Morgan fingerprint density at radius 1 is 0.394 bits per heavy atom. The van der Waals surface area contributed by atoms with Crippen LogP contribution in [0.4, 0.5) is 0 Å². The van der Waals surface area contributed by atoms with Crippen LogP contribution < -0.4 is 12.3 Å². The van der Waals surface area contributed by atoms with E-state index in [4.69, 9.17) is 110 Å². The summed E-state index contributed by atoms with van der Waals surface area (Å²) in [5, 5.41) is 0. The van der Waals surface area contributed by atoms with E-state index in [0.29, 0.717) is 0 Å². The van der Waals surface area contributed by atoms with E-state index in [1.807, 2.05) is 0 Å². The Bertz CT molecular complexity index is 698. The summed E-state index contributed by atoms with van der Waals surface area (Å²) in [4.78, 5) is 64.7. The third-order valence-electron chi connectivity index (χ3n) is 0. The maximum atomic E-state index is 8.88. The zero-order chi connectivity index (χ0) is 27.0. The Labute approximate surface area is 217 Å². The van der Waals surface area contributed by atoms with Gasteiger partial charge in [0.15, 0.2) is 0 Å². The summed E-state index contributed by atoms with van der Waals surface area (Å²) >= 11 is 0. The zero-order valence-electron chi connectivity index (χ0n) is 15.2. The fourth-order valence-corrected chi connectivity index (χ4v) is 0. The molecule has 0 aromatic heterocycles. The first-order chi connectivity index (χ1) is 12.0. The van der Waals surface area contributed by atoms with Gasteiger partial charge in [-0.15, -0.1) is 0 Å². The molecule has 0 aromatic carbocycles. The van der Waals surface area contributed by atoms with E-state index < -0.39 is 54.7 Å². The molecule has 0 radical (unpaired) electrons. The first-order valence-corrected chi connectivity index (χ1v) is 13.0. The van der Waals surface area contributed by atoms with E-state index in [9.17, 15) is 0 Å². The van der Waals surface area contributed by atoms with E-state index in [1.54, 1.807) is 0 Å². The molecule has 0 unspecified atom stereocenters. The molecular formula is H17CeN2O24P3S3. The van der Waals surface area contributed by atoms with Crippen molar-refractivity contribution in [2.45, 2.75) is 0 Å². The molecule has 26 nitrogen and oxygen atoms in total. The van der Waals surface area contributed by atoms with Crippen LogP contribution in [0.1, 0.15) is 0 Å². The van der Waals surface area contributed by atoms with Gasteiger partial charge in [0.05, 0.1) is 0 Å². The van der Waals surface area contributed by atoms with Crippen LogP contribution in [-0.2, 0) is 44.9 Å². The molecule has 0 aromatic rings. The normalized spacial score (nSPS) is 10.6. The first kappa shape index (κ1) is 59.4. The Balaban J connectivity index is -0.0000000294. The minimum absolute atomic E-state index is 0. The third-order valence-corrected chi connectivity index (χ3v) is 0. The van der Waals surface area contributed by atoms with E-state index in [-0.39, 0.29) is 54.0 Å². The average molecular weight is 758 g/mol. The van der Waals surface area contributed by atoms with Crippen molar-refractivity contribution in [2.24, 2.45) is 0 Å². The van der Waals surface area contributed by atoms with Crippen LogP contribution in [0.25, 0.3) is 0 Å².